The van der Waals surface area contributed by atoms with Crippen LogP contribution < -0.4 is 4.74 Å². The molecule has 1 aromatic heterocycles. The molecule has 0 unspecified atom stereocenters. The predicted octanol–water partition coefficient (Wildman–Crippen LogP) is 1.14. The lowest BCUT2D eigenvalue weighted by Gasteiger charge is -1.93. The topological polar surface area (TPSA) is 35.0 Å². The molecule has 0 aromatic carbocycles. The summed E-state index contributed by atoms with van der Waals surface area (Å²) < 4.78 is 39.1. The Morgan fingerprint density at radius 1 is 1.78 bits per heavy atom. The summed E-state index contributed by atoms with van der Waals surface area (Å²) in [6.07, 6.45) is 0. The first-order valence-electron chi connectivity index (χ1n) is 4.49. The normalized spacial score (nSPS) is 18.6. The lowest BCUT2D eigenvalue weighted by Crippen LogP contribution is -1.88. The molecule has 3 nitrogen and oxygen atoms in total. The van der Waals surface area contributed by atoms with Crippen LogP contribution in [0.2, 0.25) is 5.15 Å². The highest BCUT2D eigenvalue weighted by Gasteiger charge is 1.90. The molecule has 1 rings (SSSR count). The van der Waals surface area contributed by atoms with E-state index in [1.807, 2.05) is 0 Å². The molecule has 48 valence electrons. The van der Waals surface area contributed by atoms with Crippen LogP contribution >= 0.6 is 11.6 Å². The van der Waals surface area contributed by atoms with Gasteiger partial charge >= 0.3 is 0 Å². The molecular weight excluding hydrogens is 140 g/mol. The number of rotatable bonds is 1. The average molecular weight is 150 g/mol. The van der Waals surface area contributed by atoms with Crippen LogP contribution in [0.5, 0.6) is 5.88 Å². The predicted molar refractivity (Wildman–Crippen MR) is 33.6 cm³/mol. The first kappa shape index (κ1) is 2.42. The van der Waals surface area contributed by atoms with Crippen molar-refractivity contribution in [2.45, 2.75) is 0 Å². The second-order valence-corrected chi connectivity index (χ2v) is 1.51. The molecule has 0 N–H and O–H groups in total. The second kappa shape index (κ2) is 2.64. The summed E-state index contributed by atoms with van der Waals surface area (Å²) in [5.41, 5.74) is 0. The standard InChI is InChI=1S/C5H5ClN2O/c1-9-5-3-2-4(6)7-8-5/h2-3H,1H3/i1D3,2D,3D. The molecule has 0 amide bonds. The Kier molecular flexibility index (Phi) is 0.710. The Bertz CT molecular complexity index is 355. The van der Waals surface area contributed by atoms with Crippen molar-refractivity contribution < 1.29 is 11.6 Å². The van der Waals surface area contributed by atoms with Crippen molar-refractivity contribution in [3.05, 3.63) is 17.2 Å². The minimum Gasteiger partial charge on any atom is -0.480 e. The quantitative estimate of drug-likeness (QED) is 0.601. The monoisotopic (exact) mass is 149 g/mol. The molecule has 0 fully saturated rings. The van der Waals surface area contributed by atoms with Crippen molar-refractivity contribution >= 4 is 11.6 Å². The Morgan fingerprint density at radius 3 is 3.44 bits per heavy atom. The lowest BCUT2D eigenvalue weighted by molar-refractivity contribution is 0.392. The van der Waals surface area contributed by atoms with Gasteiger partial charge in [0.1, 0.15) is 0 Å². The maximum Gasteiger partial charge on any atom is 0.233 e. The zero-order chi connectivity index (χ0) is 10.9. The van der Waals surface area contributed by atoms with E-state index in [0.29, 0.717) is 0 Å². The van der Waals surface area contributed by atoms with Crippen molar-refractivity contribution in [2.24, 2.45) is 0 Å². The zero-order valence-corrected chi connectivity index (χ0v) is 4.94. The van der Waals surface area contributed by atoms with E-state index in [-0.39, 0.29) is 5.15 Å². The first-order chi connectivity index (χ1) is 6.31. The smallest absolute Gasteiger partial charge is 0.233 e. The Balaban J connectivity index is 3.06. The molecule has 0 saturated heterocycles. The summed E-state index contributed by atoms with van der Waals surface area (Å²) in [6.45, 7) is 0. The van der Waals surface area contributed by atoms with Gasteiger partial charge in [0.25, 0.3) is 0 Å². The van der Waals surface area contributed by atoms with Crippen molar-refractivity contribution in [1.29, 1.82) is 0 Å². The van der Waals surface area contributed by atoms with E-state index in [9.17, 15) is 0 Å². The maximum atomic E-state index is 7.27. The van der Waals surface area contributed by atoms with Crippen LogP contribution in [0.25, 0.3) is 0 Å². The van der Waals surface area contributed by atoms with Crippen LogP contribution in [0.1, 0.15) is 6.85 Å². The van der Waals surface area contributed by atoms with E-state index in [0.717, 1.165) is 0 Å². The van der Waals surface area contributed by atoms with E-state index >= 15 is 0 Å². The van der Waals surface area contributed by atoms with Crippen LogP contribution in [-0.2, 0) is 0 Å². The van der Waals surface area contributed by atoms with Gasteiger partial charge in [-0.3, -0.25) is 0 Å². The van der Waals surface area contributed by atoms with E-state index in [4.69, 9.17) is 18.5 Å². The Labute approximate surface area is 64.6 Å². The van der Waals surface area contributed by atoms with Gasteiger partial charge in [0, 0.05) is 6.04 Å². The van der Waals surface area contributed by atoms with E-state index < -0.39 is 25.0 Å². The highest BCUT2D eigenvalue weighted by atomic mass is 35.5. The van der Waals surface area contributed by atoms with Crippen molar-refractivity contribution in [3.8, 4) is 5.88 Å². The van der Waals surface area contributed by atoms with E-state index in [1.54, 1.807) is 0 Å². The van der Waals surface area contributed by atoms with Crippen LogP contribution in [0.15, 0.2) is 12.1 Å². The summed E-state index contributed by atoms with van der Waals surface area (Å²) >= 11 is 5.38. The van der Waals surface area contributed by atoms with Crippen molar-refractivity contribution in [2.75, 3.05) is 7.04 Å². The van der Waals surface area contributed by atoms with E-state index in [1.165, 1.54) is 0 Å². The summed E-state index contributed by atoms with van der Waals surface area (Å²) in [6, 6.07) is -0.915. The minimum atomic E-state index is -2.72. The number of nitrogens with zero attached hydrogens (tertiary/aromatic N) is 2. The third-order valence-electron chi connectivity index (χ3n) is 0.598. The molecule has 0 aliphatic carbocycles. The summed E-state index contributed by atoms with van der Waals surface area (Å²) in [4.78, 5) is 0. The maximum absolute atomic E-state index is 7.27. The summed E-state index contributed by atoms with van der Waals surface area (Å²) in [5.74, 6) is -0.528. The molecule has 0 radical (unpaired) electrons. The Hall–Kier alpha value is -0.830. The molecule has 0 saturated carbocycles. The fourth-order valence-electron chi connectivity index (χ4n) is 0.290. The minimum absolute atomic E-state index is 0.270. The Morgan fingerprint density at radius 2 is 2.67 bits per heavy atom. The second-order valence-electron chi connectivity index (χ2n) is 1.15. The third kappa shape index (κ3) is 1.54. The van der Waals surface area contributed by atoms with Gasteiger partial charge in [-0.1, -0.05) is 11.6 Å². The molecule has 1 aromatic rings. The highest BCUT2D eigenvalue weighted by molar-refractivity contribution is 6.29. The van der Waals surface area contributed by atoms with Gasteiger partial charge in [-0.25, -0.2) is 0 Å². The van der Waals surface area contributed by atoms with Gasteiger partial charge in [-0.05, 0) is 6.04 Å². The largest absolute Gasteiger partial charge is 0.480 e. The third-order valence-corrected chi connectivity index (χ3v) is 0.768. The number of methoxy groups -OCH3 is 1. The highest BCUT2D eigenvalue weighted by Crippen LogP contribution is 2.06. The number of hydrogen-bond donors (Lipinski definition) is 0. The summed E-state index contributed by atoms with van der Waals surface area (Å²) in [5, 5.41) is 6.24. The van der Waals surface area contributed by atoms with Crippen molar-refractivity contribution in [3.63, 3.8) is 0 Å². The van der Waals surface area contributed by atoms with Crippen LogP contribution in [0, 0.1) is 0 Å². The van der Waals surface area contributed by atoms with Gasteiger partial charge in [-0.15, -0.1) is 10.2 Å². The van der Waals surface area contributed by atoms with Gasteiger partial charge < -0.3 is 4.74 Å². The van der Waals surface area contributed by atoms with Crippen LogP contribution in [0.4, 0.5) is 0 Å². The lowest BCUT2D eigenvalue weighted by atomic mass is 10.6. The first-order valence-corrected chi connectivity index (χ1v) is 2.37. The molecular formula is C5H5ClN2O. The summed E-state index contributed by atoms with van der Waals surface area (Å²) in [7, 11) is -2.72. The number of ether oxygens (including phenoxy) is 1. The molecule has 0 spiro atoms. The fraction of sp³-hybridized carbons (Fsp3) is 0.200. The number of halogens is 1. The number of hydrogen-bond acceptors (Lipinski definition) is 3. The fourth-order valence-corrected chi connectivity index (χ4v) is 0.375. The van der Waals surface area contributed by atoms with Crippen LogP contribution in [-0.4, -0.2) is 17.2 Å². The molecule has 0 aliphatic heterocycles. The molecule has 4 heteroatoms. The zero-order valence-electron chi connectivity index (χ0n) is 9.18. The SMILES string of the molecule is [2H]c1c(Cl)nnc(OC([2H])([2H])[2H])c1[2H]. The molecule has 9 heavy (non-hydrogen) atoms. The van der Waals surface area contributed by atoms with Crippen LogP contribution in [0.3, 0.4) is 0 Å². The van der Waals surface area contributed by atoms with Gasteiger partial charge in [-0.2, -0.15) is 0 Å². The number of aromatic nitrogens is 2. The van der Waals surface area contributed by atoms with Crippen molar-refractivity contribution in [1.82, 2.24) is 10.2 Å². The van der Waals surface area contributed by atoms with E-state index in [2.05, 4.69) is 14.9 Å². The van der Waals surface area contributed by atoms with Gasteiger partial charge in [0.15, 0.2) is 5.15 Å². The molecule has 0 bridgehead atoms. The average Bonchev–Trinajstić information content (AvgIpc) is 2.04. The molecule has 0 aliphatic rings. The molecule has 0 atom stereocenters. The molecule has 1 heterocycles. The van der Waals surface area contributed by atoms with Gasteiger partial charge in [0.2, 0.25) is 5.88 Å². The van der Waals surface area contributed by atoms with Gasteiger partial charge in [0.05, 0.1) is 13.9 Å².